The van der Waals surface area contributed by atoms with Crippen LogP contribution in [0.1, 0.15) is 18.4 Å². The molecule has 28 heavy (non-hydrogen) atoms. The van der Waals surface area contributed by atoms with Gasteiger partial charge in [0.05, 0.1) is 10.6 Å². The first-order chi connectivity index (χ1) is 13.3. The molecule has 0 bridgehead atoms. The molecule has 4 rings (SSSR count). The van der Waals surface area contributed by atoms with Crippen molar-refractivity contribution in [1.29, 1.82) is 0 Å². The predicted octanol–water partition coefficient (Wildman–Crippen LogP) is 4.02. The Balaban J connectivity index is 1.78. The van der Waals surface area contributed by atoms with Crippen molar-refractivity contribution < 1.29 is 12.8 Å². The quantitative estimate of drug-likeness (QED) is 0.703. The average Bonchev–Trinajstić information content (AvgIpc) is 3.45. The third kappa shape index (κ3) is 3.75. The number of aryl methyl sites for hydroxylation is 1. The number of halogens is 1. The Morgan fingerprint density at radius 1 is 1.04 bits per heavy atom. The fourth-order valence-electron chi connectivity index (χ4n) is 3.22. The smallest absolute Gasteiger partial charge is 0.219 e. The second-order valence-corrected chi connectivity index (χ2v) is 9.25. The minimum Gasteiger partial charge on any atom is -0.368 e. The highest BCUT2D eigenvalue weighted by atomic mass is 32.2. The second kappa shape index (κ2) is 6.98. The number of benzene rings is 2. The number of hydrogen-bond acceptors (Lipinski definition) is 5. The van der Waals surface area contributed by atoms with Gasteiger partial charge in [-0.2, -0.15) is 0 Å². The van der Waals surface area contributed by atoms with Crippen molar-refractivity contribution >= 4 is 15.8 Å². The lowest BCUT2D eigenvalue weighted by Gasteiger charge is -2.13. The maximum Gasteiger partial charge on any atom is 0.219 e. The molecule has 0 radical (unpaired) electrons. The number of hydrogen-bond donors (Lipinski definition) is 1. The number of rotatable bonds is 5. The van der Waals surface area contributed by atoms with E-state index in [1.807, 2.05) is 6.92 Å². The average molecular weight is 397 g/mol. The first kappa shape index (κ1) is 18.6. The number of sulfone groups is 1. The molecule has 0 aliphatic heterocycles. The van der Waals surface area contributed by atoms with Crippen LogP contribution in [0.3, 0.4) is 0 Å². The molecule has 3 aromatic rings. The zero-order valence-corrected chi connectivity index (χ0v) is 16.2. The zero-order chi connectivity index (χ0) is 19.9. The summed E-state index contributed by atoms with van der Waals surface area (Å²) in [6.45, 7) is 1.89. The minimum absolute atomic E-state index is 0.117. The van der Waals surface area contributed by atoms with E-state index >= 15 is 0 Å². The normalized spacial score (nSPS) is 14.2. The van der Waals surface area contributed by atoms with Gasteiger partial charge in [0.25, 0.3) is 0 Å². The topological polar surface area (TPSA) is 85.9 Å². The number of nitrogens with two attached hydrogens (primary N) is 1. The third-order valence-corrected chi connectivity index (χ3v) is 6.82. The molecular weight excluding hydrogens is 377 g/mol. The van der Waals surface area contributed by atoms with Gasteiger partial charge >= 0.3 is 0 Å². The maximum absolute atomic E-state index is 14.8. The molecule has 0 spiro atoms. The molecule has 1 aliphatic carbocycles. The van der Waals surface area contributed by atoms with Gasteiger partial charge in [-0.05, 0) is 43.4 Å². The van der Waals surface area contributed by atoms with Gasteiger partial charge in [0.2, 0.25) is 5.95 Å². The van der Waals surface area contributed by atoms with Crippen LogP contribution >= 0.6 is 0 Å². The van der Waals surface area contributed by atoms with E-state index in [1.54, 1.807) is 30.3 Å². The van der Waals surface area contributed by atoms with E-state index in [0.717, 1.165) is 18.4 Å². The summed E-state index contributed by atoms with van der Waals surface area (Å²) in [4.78, 5) is 8.04. The fraction of sp³-hybridized carbons (Fsp3) is 0.238. The van der Waals surface area contributed by atoms with Crippen LogP contribution in [0.4, 0.5) is 10.3 Å². The molecular formula is C21H20FN3O2S. The summed E-state index contributed by atoms with van der Waals surface area (Å²) in [6.07, 6.45) is 4.82. The Morgan fingerprint density at radius 2 is 1.75 bits per heavy atom. The van der Waals surface area contributed by atoms with Crippen LogP contribution < -0.4 is 5.73 Å². The molecule has 1 heterocycles. The van der Waals surface area contributed by atoms with E-state index in [-0.39, 0.29) is 22.5 Å². The van der Waals surface area contributed by atoms with Crippen molar-refractivity contribution in [2.45, 2.75) is 24.7 Å². The van der Waals surface area contributed by atoms with E-state index in [4.69, 9.17) is 5.73 Å². The van der Waals surface area contributed by atoms with Crippen LogP contribution in [0.2, 0.25) is 0 Å². The molecule has 0 saturated heterocycles. The SMILES string of the molecule is Cc1ccc(S(=O)(=O)CC2CC2)c(-c2ccc(-c3cnc(N)nc3)c(F)c2)c1. The van der Waals surface area contributed by atoms with Gasteiger partial charge in [0.1, 0.15) is 5.82 Å². The van der Waals surface area contributed by atoms with Crippen molar-refractivity contribution in [1.82, 2.24) is 9.97 Å². The standard InChI is InChI=1S/C21H20FN3O2S/c1-13-2-7-20(28(26,27)12-14-3-4-14)18(8-13)15-5-6-17(19(22)9-15)16-10-24-21(23)25-11-16/h2,5-11,14H,3-4,12H2,1H3,(H2,23,24,25). The van der Waals surface area contributed by atoms with Crippen LogP contribution in [0.25, 0.3) is 22.3 Å². The van der Waals surface area contributed by atoms with Crippen molar-refractivity contribution in [3.63, 3.8) is 0 Å². The van der Waals surface area contributed by atoms with Gasteiger partial charge in [0, 0.05) is 29.1 Å². The number of nitrogens with zero attached hydrogens (tertiary/aromatic N) is 2. The van der Waals surface area contributed by atoms with Crippen LogP contribution in [0.15, 0.2) is 53.7 Å². The summed E-state index contributed by atoms with van der Waals surface area (Å²) in [6, 6.07) is 9.89. The Kier molecular flexibility index (Phi) is 4.63. The minimum atomic E-state index is -3.43. The van der Waals surface area contributed by atoms with Crippen molar-refractivity contribution in [2.75, 3.05) is 11.5 Å². The van der Waals surface area contributed by atoms with Crippen LogP contribution in [0.5, 0.6) is 0 Å². The summed E-state index contributed by atoms with van der Waals surface area (Å²) in [5, 5.41) is 0. The summed E-state index contributed by atoms with van der Waals surface area (Å²) >= 11 is 0. The zero-order valence-electron chi connectivity index (χ0n) is 15.4. The lowest BCUT2D eigenvalue weighted by Crippen LogP contribution is -2.10. The van der Waals surface area contributed by atoms with Crippen LogP contribution in [-0.2, 0) is 9.84 Å². The lowest BCUT2D eigenvalue weighted by molar-refractivity contribution is 0.592. The largest absolute Gasteiger partial charge is 0.368 e. The molecule has 1 aliphatic rings. The summed E-state index contributed by atoms with van der Waals surface area (Å²) in [5.74, 6) is 0.0274. The second-order valence-electron chi connectivity index (χ2n) is 7.25. The van der Waals surface area contributed by atoms with Crippen LogP contribution in [0, 0.1) is 18.7 Å². The van der Waals surface area contributed by atoms with Gasteiger partial charge < -0.3 is 5.73 Å². The molecule has 2 N–H and O–H groups in total. The summed E-state index contributed by atoms with van der Waals surface area (Å²) in [5.41, 5.74) is 8.28. The molecule has 7 heteroatoms. The molecule has 0 amide bonds. The summed E-state index contributed by atoms with van der Waals surface area (Å²) in [7, 11) is -3.43. The van der Waals surface area contributed by atoms with E-state index in [2.05, 4.69) is 9.97 Å². The Morgan fingerprint density at radius 3 is 2.39 bits per heavy atom. The Labute approximate surface area is 163 Å². The fourth-order valence-corrected chi connectivity index (χ4v) is 5.14. The van der Waals surface area contributed by atoms with E-state index in [1.165, 1.54) is 18.5 Å². The highest BCUT2D eigenvalue weighted by Gasteiger charge is 2.30. The molecule has 0 unspecified atom stereocenters. The third-order valence-electron chi connectivity index (χ3n) is 4.89. The van der Waals surface area contributed by atoms with Gasteiger partial charge in [-0.15, -0.1) is 0 Å². The molecule has 1 fully saturated rings. The Hall–Kier alpha value is -2.80. The number of anilines is 1. The van der Waals surface area contributed by atoms with Crippen molar-refractivity contribution in [3.05, 3.63) is 60.2 Å². The number of nitrogen functional groups attached to an aromatic ring is 1. The molecule has 1 saturated carbocycles. The molecule has 2 aromatic carbocycles. The summed E-state index contributed by atoms with van der Waals surface area (Å²) < 4.78 is 40.6. The predicted molar refractivity (Wildman–Crippen MR) is 107 cm³/mol. The van der Waals surface area contributed by atoms with Crippen molar-refractivity contribution in [2.24, 2.45) is 5.92 Å². The van der Waals surface area contributed by atoms with Gasteiger partial charge in [-0.1, -0.05) is 29.8 Å². The highest BCUT2D eigenvalue weighted by molar-refractivity contribution is 7.91. The first-order valence-corrected chi connectivity index (χ1v) is 10.7. The Bertz CT molecular complexity index is 1140. The van der Waals surface area contributed by atoms with Gasteiger partial charge in [0.15, 0.2) is 9.84 Å². The monoisotopic (exact) mass is 397 g/mol. The molecule has 5 nitrogen and oxygen atoms in total. The number of aromatic nitrogens is 2. The molecule has 0 atom stereocenters. The first-order valence-electron chi connectivity index (χ1n) is 9.05. The van der Waals surface area contributed by atoms with E-state index in [0.29, 0.717) is 22.3 Å². The van der Waals surface area contributed by atoms with E-state index in [9.17, 15) is 12.8 Å². The highest BCUT2D eigenvalue weighted by Crippen LogP contribution is 2.36. The van der Waals surface area contributed by atoms with Crippen LogP contribution in [-0.4, -0.2) is 24.1 Å². The maximum atomic E-state index is 14.8. The van der Waals surface area contributed by atoms with Crippen molar-refractivity contribution in [3.8, 4) is 22.3 Å². The van der Waals surface area contributed by atoms with Gasteiger partial charge in [-0.3, -0.25) is 0 Å². The molecule has 1 aromatic heterocycles. The van der Waals surface area contributed by atoms with Gasteiger partial charge in [-0.25, -0.2) is 22.8 Å². The van der Waals surface area contributed by atoms with E-state index < -0.39 is 15.7 Å². The lowest BCUT2D eigenvalue weighted by atomic mass is 10.00. The molecule has 144 valence electrons.